The normalized spacial score (nSPS) is 21.1. The van der Waals surface area contributed by atoms with Crippen LogP contribution in [0, 0.1) is 0 Å². The Kier molecular flexibility index (Phi) is 2.59. The van der Waals surface area contributed by atoms with Crippen molar-refractivity contribution in [2.75, 3.05) is 0 Å². The molecule has 2 aliphatic carbocycles. The molecule has 2 unspecified atom stereocenters. The van der Waals surface area contributed by atoms with Gasteiger partial charge in [0.15, 0.2) is 11.3 Å². The number of fused-ring (bicyclic) bond motifs is 8. The second-order valence-electron chi connectivity index (χ2n) is 7.20. The van der Waals surface area contributed by atoms with Crippen molar-refractivity contribution >= 4 is 22.1 Å². The maximum atomic E-state index is 4.93. The molecule has 0 N–H and O–H groups in total. The molecule has 2 atom stereocenters. The fourth-order valence-electron chi connectivity index (χ4n) is 4.62. The summed E-state index contributed by atoms with van der Waals surface area (Å²) in [5.74, 6) is 0.951. The van der Waals surface area contributed by atoms with E-state index < -0.39 is 0 Å². The van der Waals surface area contributed by atoms with Gasteiger partial charge in [-0.1, -0.05) is 0 Å². The Morgan fingerprint density at radius 2 is 1.24 bits per heavy atom. The third kappa shape index (κ3) is 1.94. The predicted octanol–water partition coefficient (Wildman–Crippen LogP) is 3.94. The summed E-state index contributed by atoms with van der Waals surface area (Å²) >= 11 is 0. The fraction of sp³-hybridized carbons (Fsp3) is 0.238. The molecule has 4 aromatic heterocycles. The second-order valence-corrected chi connectivity index (χ2v) is 7.20. The minimum absolute atomic E-state index is 0.476. The second kappa shape index (κ2) is 4.82. The van der Waals surface area contributed by atoms with Crippen LogP contribution < -0.4 is 0 Å². The number of rotatable bonds is 0. The van der Waals surface area contributed by atoms with Gasteiger partial charge in [0.1, 0.15) is 0 Å². The summed E-state index contributed by atoms with van der Waals surface area (Å²) < 4.78 is 0. The van der Waals surface area contributed by atoms with Gasteiger partial charge in [0, 0.05) is 46.4 Å². The van der Waals surface area contributed by atoms with Crippen LogP contribution >= 0.6 is 0 Å². The highest BCUT2D eigenvalue weighted by molar-refractivity contribution is 5.77. The van der Waals surface area contributed by atoms with E-state index in [-0.39, 0.29) is 0 Å². The first kappa shape index (κ1) is 13.4. The Bertz CT molecular complexity index is 1060. The third-order valence-electron chi connectivity index (χ3n) is 5.68. The van der Waals surface area contributed by atoms with E-state index >= 15 is 0 Å². The average Bonchev–Trinajstić information content (AvgIpc) is 2.65. The van der Waals surface area contributed by atoms with Gasteiger partial charge in [0.2, 0.25) is 0 Å². The summed E-state index contributed by atoms with van der Waals surface area (Å²) in [5, 5.41) is 2.27. The summed E-state index contributed by atoms with van der Waals surface area (Å²) in [6, 6.07) is 12.7. The van der Waals surface area contributed by atoms with E-state index in [9.17, 15) is 0 Å². The largest absolute Gasteiger partial charge is 0.237 e. The lowest BCUT2D eigenvalue weighted by Crippen LogP contribution is -2.27. The van der Waals surface area contributed by atoms with Crippen LogP contribution in [0.4, 0.5) is 0 Å². The van der Waals surface area contributed by atoms with Crippen molar-refractivity contribution in [3.8, 4) is 0 Å². The third-order valence-corrected chi connectivity index (χ3v) is 5.68. The molecule has 0 spiro atoms. The zero-order valence-corrected chi connectivity index (χ0v) is 13.7. The SMILES string of the molecule is c1cnc2nc3c(cc2c1)CC1CC3Cc2cc3cccnc3nc21. The number of pyridine rings is 4. The summed E-state index contributed by atoms with van der Waals surface area (Å²) in [5.41, 5.74) is 6.97. The van der Waals surface area contributed by atoms with Crippen LogP contribution in [0.25, 0.3) is 22.1 Å². The Hall–Kier alpha value is -2.88. The highest BCUT2D eigenvalue weighted by Crippen LogP contribution is 2.46. The molecule has 4 aromatic rings. The maximum absolute atomic E-state index is 4.93. The van der Waals surface area contributed by atoms with Gasteiger partial charge in [-0.15, -0.1) is 0 Å². The Labute approximate surface area is 145 Å². The molecule has 0 aliphatic heterocycles. The standard InChI is InChI=1S/C21H16N4/c1-3-12-7-14-9-16-11-17(18(14)24-20(12)22-5-1)10-15-8-13-4-2-6-23-21(13)25-19(15)16/h1-8,16-17H,9-11H2. The van der Waals surface area contributed by atoms with Gasteiger partial charge in [-0.2, -0.15) is 0 Å². The van der Waals surface area contributed by atoms with E-state index in [0.29, 0.717) is 11.8 Å². The van der Waals surface area contributed by atoms with Crippen molar-refractivity contribution in [2.24, 2.45) is 0 Å². The van der Waals surface area contributed by atoms with Gasteiger partial charge in [-0.3, -0.25) is 0 Å². The molecular weight excluding hydrogens is 308 g/mol. The van der Waals surface area contributed by atoms with Gasteiger partial charge >= 0.3 is 0 Å². The van der Waals surface area contributed by atoms with Crippen molar-refractivity contribution in [1.29, 1.82) is 0 Å². The van der Waals surface area contributed by atoms with E-state index in [4.69, 9.17) is 9.97 Å². The highest BCUT2D eigenvalue weighted by Gasteiger charge is 2.36. The smallest absolute Gasteiger partial charge is 0.159 e. The van der Waals surface area contributed by atoms with Crippen LogP contribution in [0.3, 0.4) is 0 Å². The fourth-order valence-corrected chi connectivity index (χ4v) is 4.62. The van der Waals surface area contributed by atoms with Crippen molar-refractivity contribution in [3.63, 3.8) is 0 Å². The number of aromatic nitrogens is 4. The molecule has 2 aliphatic rings. The van der Waals surface area contributed by atoms with E-state index in [0.717, 1.165) is 41.3 Å². The molecule has 25 heavy (non-hydrogen) atoms. The molecule has 2 bridgehead atoms. The maximum Gasteiger partial charge on any atom is 0.159 e. The van der Waals surface area contributed by atoms with Crippen LogP contribution in [0.1, 0.15) is 40.8 Å². The van der Waals surface area contributed by atoms with E-state index in [2.05, 4.69) is 34.2 Å². The van der Waals surface area contributed by atoms with Crippen LogP contribution in [-0.2, 0) is 12.8 Å². The molecule has 4 nitrogen and oxygen atoms in total. The van der Waals surface area contributed by atoms with Crippen molar-refractivity contribution in [2.45, 2.75) is 31.1 Å². The summed E-state index contributed by atoms with van der Waals surface area (Å²) in [6.45, 7) is 0. The molecule has 0 amide bonds. The summed E-state index contributed by atoms with van der Waals surface area (Å²) in [4.78, 5) is 18.8. The summed E-state index contributed by atoms with van der Waals surface area (Å²) in [6.07, 6.45) is 6.82. The first-order chi connectivity index (χ1) is 12.3. The molecule has 4 heteroatoms. The Balaban J connectivity index is 1.54. The van der Waals surface area contributed by atoms with Gasteiger partial charge in [0.05, 0.1) is 0 Å². The van der Waals surface area contributed by atoms with E-state index in [1.54, 1.807) is 0 Å². The first-order valence-electron chi connectivity index (χ1n) is 8.84. The molecule has 0 saturated carbocycles. The first-order valence-corrected chi connectivity index (χ1v) is 8.84. The van der Waals surface area contributed by atoms with E-state index in [1.165, 1.54) is 22.5 Å². The monoisotopic (exact) mass is 324 g/mol. The Morgan fingerprint density at radius 3 is 1.76 bits per heavy atom. The summed E-state index contributed by atoms with van der Waals surface area (Å²) in [7, 11) is 0. The van der Waals surface area contributed by atoms with Crippen LogP contribution in [-0.4, -0.2) is 19.9 Å². The zero-order chi connectivity index (χ0) is 16.4. The van der Waals surface area contributed by atoms with Gasteiger partial charge in [-0.05, 0) is 66.8 Å². The number of hydrogen-bond donors (Lipinski definition) is 0. The van der Waals surface area contributed by atoms with Gasteiger partial charge in [-0.25, -0.2) is 19.9 Å². The minimum Gasteiger partial charge on any atom is -0.237 e. The Morgan fingerprint density at radius 1 is 0.720 bits per heavy atom. The molecule has 0 radical (unpaired) electrons. The van der Waals surface area contributed by atoms with Crippen LogP contribution in [0.2, 0.25) is 0 Å². The average molecular weight is 324 g/mol. The van der Waals surface area contributed by atoms with Gasteiger partial charge < -0.3 is 0 Å². The lowest BCUT2D eigenvalue weighted by Gasteiger charge is -2.36. The van der Waals surface area contributed by atoms with Crippen LogP contribution in [0.15, 0.2) is 48.8 Å². The predicted molar refractivity (Wildman–Crippen MR) is 96.6 cm³/mol. The number of hydrogen-bond acceptors (Lipinski definition) is 4. The number of nitrogens with zero attached hydrogens (tertiary/aromatic N) is 4. The molecule has 0 saturated heterocycles. The molecule has 0 fully saturated rings. The lowest BCUT2D eigenvalue weighted by molar-refractivity contribution is 0.440. The highest BCUT2D eigenvalue weighted by atomic mass is 14.9. The van der Waals surface area contributed by atoms with Gasteiger partial charge in [0.25, 0.3) is 0 Å². The van der Waals surface area contributed by atoms with Crippen molar-refractivity contribution in [1.82, 2.24) is 19.9 Å². The van der Waals surface area contributed by atoms with Crippen molar-refractivity contribution < 1.29 is 0 Å². The minimum atomic E-state index is 0.476. The molecule has 0 aromatic carbocycles. The van der Waals surface area contributed by atoms with E-state index in [1.807, 2.05) is 24.5 Å². The topological polar surface area (TPSA) is 51.6 Å². The lowest BCUT2D eigenvalue weighted by atomic mass is 9.70. The molecule has 4 heterocycles. The van der Waals surface area contributed by atoms with Crippen molar-refractivity contribution in [3.05, 3.63) is 71.3 Å². The van der Waals surface area contributed by atoms with Crippen LogP contribution in [0.5, 0.6) is 0 Å². The quantitative estimate of drug-likeness (QED) is 0.491. The molecule has 6 rings (SSSR count). The molecule has 120 valence electrons. The zero-order valence-electron chi connectivity index (χ0n) is 13.7. The molecular formula is C21H16N4.